The SMILES string of the molecule is [2H][C@@](Nc1cc(C#N)c2ncc(C#N)c(NC3CCOCC3(C)C)c2c1)(C1=CN(C2CC2)NN1)c1ccccc1Cl. The fourth-order valence-corrected chi connectivity index (χ4v) is 5.49. The van der Waals surface area contributed by atoms with E-state index in [0.29, 0.717) is 68.9 Å². The molecule has 40 heavy (non-hydrogen) atoms. The van der Waals surface area contributed by atoms with Gasteiger partial charge in [-0.2, -0.15) is 10.5 Å². The highest BCUT2D eigenvalue weighted by atomic mass is 35.5. The number of halogens is 1. The molecule has 3 aromatic rings. The Hall–Kier alpha value is -4.02. The first-order valence-electron chi connectivity index (χ1n) is 13.9. The largest absolute Gasteiger partial charge is 0.381 e. The molecule has 3 aliphatic rings. The fourth-order valence-electron chi connectivity index (χ4n) is 5.26. The smallest absolute Gasteiger partial charge is 0.103 e. The van der Waals surface area contributed by atoms with Gasteiger partial charge in [-0.05, 0) is 43.0 Å². The number of hydrogen-bond acceptors (Lipinski definition) is 9. The summed E-state index contributed by atoms with van der Waals surface area (Å²) < 4.78 is 15.5. The third kappa shape index (κ3) is 5.00. The number of rotatable bonds is 7. The Labute approximate surface area is 240 Å². The number of pyridine rings is 1. The minimum absolute atomic E-state index is 0.0433. The van der Waals surface area contributed by atoms with Gasteiger partial charge in [0.25, 0.3) is 0 Å². The van der Waals surface area contributed by atoms with E-state index < -0.39 is 6.02 Å². The van der Waals surface area contributed by atoms with Gasteiger partial charge in [-0.15, -0.1) is 5.53 Å². The number of hydrogen-bond donors (Lipinski definition) is 4. The summed E-state index contributed by atoms with van der Waals surface area (Å²) in [4.78, 5) is 4.49. The van der Waals surface area contributed by atoms with Crippen LogP contribution in [0.3, 0.4) is 0 Å². The zero-order valence-corrected chi connectivity index (χ0v) is 23.1. The van der Waals surface area contributed by atoms with Gasteiger partial charge in [0.05, 0.1) is 42.0 Å². The molecule has 0 amide bonds. The minimum Gasteiger partial charge on any atom is -0.381 e. The van der Waals surface area contributed by atoms with Crippen molar-refractivity contribution in [1.82, 2.24) is 21.0 Å². The van der Waals surface area contributed by atoms with Gasteiger partial charge in [0, 0.05) is 52.6 Å². The van der Waals surface area contributed by atoms with Crippen molar-refractivity contribution >= 4 is 33.9 Å². The molecular weight excluding hydrogens is 524 g/mol. The van der Waals surface area contributed by atoms with Crippen LogP contribution in [-0.4, -0.2) is 35.3 Å². The summed E-state index contributed by atoms with van der Waals surface area (Å²) >= 11 is 6.65. The molecule has 2 fully saturated rings. The first-order valence-corrected chi connectivity index (χ1v) is 13.8. The lowest BCUT2D eigenvalue weighted by molar-refractivity contribution is 0.00350. The predicted octanol–water partition coefficient (Wildman–Crippen LogP) is 5.34. The standard InChI is InChI=1S/C30H31ClN8O/c1-30(2)17-40-10-9-26(30)36-28-19(14-33)15-34-27-18(13-32)11-20(12-23(27)28)35-29(22-5-3-4-6-24(22)31)25-16-39(38-37-25)21-7-8-21/h3-6,11-12,15-16,21,26,29,35,37-38H,7-10,17H2,1-2H3,(H,34,36)/t26?,29-/m0/s1/i29D. The van der Waals surface area contributed by atoms with Crippen molar-refractivity contribution in [2.24, 2.45) is 5.41 Å². The predicted molar refractivity (Wildman–Crippen MR) is 155 cm³/mol. The molecule has 2 aromatic carbocycles. The molecule has 3 heterocycles. The van der Waals surface area contributed by atoms with Crippen LogP contribution in [0.2, 0.25) is 5.02 Å². The maximum Gasteiger partial charge on any atom is 0.103 e. The monoisotopic (exact) mass is 555 g/mol. The van der Waals surface area contributed by atoms with E-state index in [9.17, 15) is 11.9 Å². The van der Waals surface area contributed by atoms with Gasteiger partial charge >= 0.3 is 0 Å². The second-order valence-electron chi connectivity index (χ2n) is 11.1. The van der Waals surface area contributed by atoms with Gasteiger partial charge in [0.15, 0.2) is 0 Å². The zero-order chi connectivity index (χ0) is 28.8. The highest BCUT2D eigenvalue weighted by Crippen LogP contribution is 2.38. The van der Waals surface area contributed by atoms with Crippen LogP contribution in [0.25, 0.3) is 10.9 Å². The average Bonchev–Trinajstić information content (AvgIpc) is 3.69. The number of ether oxygens (including phenoxy) is 1. The topological polar surface area (TPSA) is 121 Å². The lowest BCUT2D eigenvalue weighted by Gasteiger charge is -2.39. The summed E-state index contributed by atoms with van der Waals surface area (Å²) in [6.45, 7) is 5.48. The summed E-state index contributed by atoms with van der Waals surface area (Å²) in [5.41, 5.74) is 9.57. The third-order valence-electron chi connectivity index (χ3n) is 7.71. The molecule has 1 saturated carbocycles. The molecule has 10 heteroatoms. The van der Waals surface area contributed by atoms with Crippen LogP contribution in [0.4, 0.5) is 11.4 Å². The Bertz CT molecular complexity index is 1630. The van der Waals surface area contributed by atoms with Crippen molar-refractivity contribution in [2.75, 3.05) is 23.8 Å². The van der Waals surface area contributed by atoms with Crippen LogP contribution in [0, 0.1) is 28.1 Å². The summed E-state index contributed by atoms with van der Waals surface area (Å²) in [5.74, 6) is 0. The molecule has 2 atom stereocenters. The average molecular weight is 556 g/mol. The van der Waals surface area contributed by atoms with Crippen LogP contribution in [-0.2, 0) is 4.74 Å². The van der Waals surface area contributed by atoms with E-state index in [1.54, 1.807) is 12.1 Å². The summed E-state index contributed by atoms with van der Waals surface area (Å²) in [6.07, 6.45) is 6.33. The van der Waals surface area contributed by atoms with Gasteiger partial charge in [0.1, 0.15) is 12.1 Å². The molecule has 204 valence electrons. The summed E-state index contributed by atoms with van der Waals surface area (Å²) in [7, 11) is 0. The zero-order valence-electron chi connectivity index (χ0n) is 23.4. The van der Waals surface area contributed by atoms with Crippen molar-refractivity contribution in [3.63, 3.8) is 0 Å². The molecule has 0 radical (unpaired) electrons. The second kappa shape index (κ2) is 10.5. The number of nitrogens with zero attached hydrogens (tertiary/aromatic N) is 4. The molecule has 9 nitrogen and oxygen atoms in total. The molecule has 4 N–H and O–H groups in total. The third-order valence-corrected chi connectivity index (χ3v) is 8.04. The maximum atomic E-state index is 10.1. The number of nitriles is 2. The van der Waals surface area contributed by atoms with Gasteiger partial charge in [-0.1, -0.05) is 43.6 Å². The highest BCUT2D eigenvalue weighted by Gasteiger charge is 2.35. The quantitative estimate of drug-likeness (QED) is 0.306. The number of hydrazine groups is 2. The molecule has 1 unspecified atom stereocenters. The molecule has 0 bridgehead atoms. The molecule has 6 rings (SSSR count). The Morgan fingerprint density at radius 1 is 1.20 bits per heavy atom. The number of fused-ring (bicyclic) bond motifs is 1. The van der Waals surface area contributed by atoms with Crippen molar-refractivity contribution in [3.05, 3.63) is 76.2 Å². The van der Waals surface area contributed by atoms with Crippen LogP contribution in [0.15, 0.2) is 54.5 Å². The van der Waals surface area contributed by atoms with Gasteiger partial charge in [-0.25, -0.2) is 0 Å². The molecule has 1 aromatic heterocycles. The first-order chi connectivity index (χ1) is 19.7. The van der Waals surface area contributed by atoms with Gasteiger partial charge in [0.2, 0.25) is 0 Å². The van der Waals surface area contributed by atoms with Crippen LogP contribution in [0.5, 0.6) is 0 Å². The van der Waals surface area contributed by atoms with Crippen molar-refractivity contribution in [2.45, 2.75) is 51.2 Å². The van der Waals surface area contributed by atoms with E-state index in [1.807, 2.05) is 35.5 Å². The fraction of sp³-hybridized carbons (Fsp3) is 0.367. The lowest BCUT2D eigenvalue weighted by Crippen LogP contribution is -2.44. The molecular formula is C30H31ClN8O. The second-order valence-corrected chi connectivity index (χ2v) is 11.5. The molecule has 2 aliphatic heterocycles. The maximum absolute atomic E-state index is 10.1. The van der Waals surface area contributed by atoms with Gasteiger partial charge in [-0.3, -0.25) is 9.99 Å². The van der Waals surface area contributed by atoms with Crippen LogP contribution >= 0.6 is 11.6 Å². The minimum atomic E-state index is -1.54. The number of nitrogens with one attached hydrogen (secondary N) is 4. The van der Waals surface area contributed by atoms with E-state index in [1.165, 1.54) is 6.20 Å². The number of aromatic nitrogens is 1. The normalized spacial score (nSPS) is 21.8. The van der Waals surface area contributed by atoms with E-state index >= 15 is 0 Å². The summed E-state index contributed by atoms with van der Waals surface area (Å²) in [5, 5.41) is 30.1. The Morgan fingerprint density at radius 3 is 2.73 bits per heavy atom. The Morgan fingerprint density at radius 2 is 2.00 bits per heavy atom. The van der Waals surface area contributed by atoms with E-state index in [4.69, 9.17) is 16.3 Å². The van der Waals surface area contributed by atoms with E-state index in [2.05, 4.69) is 52.6 Å². The van der Waals surface area contributed by atoms with E-state index in [-0.39, 0.29) is 11.5 Å². The number of benzene rings is 2. The lowest BCUT2D eigenvalue weighted by atomic mass is 9.81. The molecule has 1 aliphatic carbocycles. The Kier molecular flexibility index (Phi) is 6.57. The highest BCUT2D eigenvalue weighted by molar-refractivity contribution is 6.31. The van der Waals surface area contributed by atoms with Crippen molar-refractivity contribution in [3.8, 4) is 12.1 Å². The first kappa shape index (κ1) is 25.0. The van der Waals surface area contributed by atoms with Crippen LogP contribution in [0.1, 0.15) is 57.2 Å². The van der Waals surface area contributed by atoms with Crippen molar-refractivity contribution in [1.29, 1.82) is 10.5 Å². The Balaban J connectivity index is 1.48. The molecule has 0 spiro atoms. The van der Waals surface area contributed by atoms with E-state index in [0.717, 1.165) is 19.3 Å². The molecule has 1 saturated heterocycles. The summed E-state index contributed by atoms with van der Waals surface area (Å²) in [6, 6.07) is 14.2. The van der Waals surface area contributed by atoms with Crippen molar-refractivity contribution < 1.29 is 6.11 Å². The van der Waals surface area contributed by atoms with Crippen LogP contribution < -0.4 is 21.6 Å². The van der Waals surface area contributed by atoms with Gasteiger partial charge < -0.3 is 20.8 Å². The number of anilines is 2.